The van der Waals surface area contributed by atoms with Crippen LogP contribution >= 0.6 is 11.6 Å². The molecule has 0 spiro atoms. The van der Waals surface area contributed by atoms with Gasteiger partial charge in [0.1, 0.15) is 5.15 Å². The minimum Gasteiger partial charge on any atom is -0.381 e. The first kappa shape index (κ1) is 15.8. The Balaban J connectivity index is 2.04. The van der Waals surface area contributed by atoms with E-state index < -0.39 is 0 Å². The quantitative estimate of drug-likeness (QED) is 0.767. The summed E-state index contributed by atoms with van der Waals surface area (Å²) >= 11 is 5.96. The molecule has 0 fully saturated rings. The van der Waals surface area contributed by atoms with Crippen LogP contribution in [0.1, 0.15) is 38.3 Å². The summed E-state index contributed by atoms with van der Waals surface area (Å²) in [6.07, 6.45) is 2.83. The second kappa shape index (κ2) is 6.48. The molecule has 1 aromatic heterocycles. The molecular formula is C18H23ClN2. The molecule has 0 saturated heterocycles. The molecule has 112 valence electrons. The summed E-state index contributed by atoms with van der Waals surface area (Å²) in [4.78, 5) is 4.19. The van der Waals surface area contributed by atoms with Crippen LogP contribution in [0.15, 0.2) is 42.6 Å². The first-order valence-electron chi connectivity index (χ1n) is 7.33. The van der Waals surface area contributed by atoms with Gasteiger partial charge in [0.2, 0.25) is 0 Å². The highest BCUT2D eigenvalue weighted by molar-refractivity contribution is 6.30. The summed E-state index contributed by atoms with van der Waals surface area (Å²) in [6.45, 7) is 8.74. The Morgan fingerprint density at radius 2 is 1.90 bits per heavy atom. The zero-order chi connectivity index (χ0) is 15.5. The lowest BCUT2D eigenvalue weighted by Gasteiger charge is -2.29. The van der Waals surface area contributed by atoms with Crippen molar-refractivity contribution in [3.8, 4) is 0 Å². The fourth-order valence-electron chi connectivity index (χ4n) is 2.75. The summed E-state index contributed by atoms with van der Waals surface area (Å²) in [5, 5.41) is 4.08. The van der Waals surface area contributed by atoms with Gasteiger partial charge in [-0.15, -0.1) is 0 Å². The summed E-state index contributed by atoms with van der Waals surface area (Å²) in [5.74, 6) is 0. The molecule has 0 radical (unpaired) electrons. The van der Waals surface area contributed by atoms with Crippen molar-refractivity contribution in [1.29, 1.82) is 0 Å². The number of nitrogens with one attached hydrogen (secondary N) is 1. The minimum absolute atomic E-state index is 0.128. The lowest BCUT2D eigenvalue weighted by Crippen LogP contribution is -2.27. The summed E-state index contributed by atoms with van der Waals surface area (Å²) in [5.41, 5.74) is 3.51. The van der Waals surface area contributed by atoms with Crippen molar-refractivity contribution in [1.82, 2.24) is 4.98 Å². The summed E-state index contributed by atoms with van der Waals surface area (Å²) < 4.78 is 0. The molecule has 1 unspecified atom stereocenters. The van der Waals surface area contributed by atoms with E-state index in [4.69, 9.17) is 11.6 Å². The molecule has 0 saturated carbocycles. The first-order chi connectivity index (χ1) is 9.88. The van der Waals surface area contributed by atoms with Gasteiger partial charge >= 0.3 is 0 Å². The van der Waals surface area contributed by atoms with Crippen molar-refractivity contribution in [3.63, 3.8) is 0 Å². The number of hydrogen-bond donors (Lipinski definition) is 1. The van der Waals surface area contributed by atoms with Crippen LogP contribution in [0.25, 0.3) is 0 Å². The Bertz CT molecular complexity index is 593. The van der Waals surface area contributed by atoms with Crippen LogP contribution in [0.5, 0.6) is 0 Å². The monoisotopic (exact) mass is 302 g/mol. The van der Waals surface area contributed by atoms with Gasteiger partial charge in [-0.3, -0.25) is 0 Å². The Labute approximate surface area is 132 Å². The third-order valence-corrected chi connectivity index (χ3v) is 4.19. The fraction of sp³-hybridized carbons (Fsp3) is 0.389. The number of hydrogen-bond acceptors (Lipinski definition) is 2. The highest BCUT2D eigenvalue weighted by Gasteiger charge is 2.23. The molecule has 0 aliphatic rings. The molecule has 0 aliphatic heterocycles. The Morgan fingerprint density at radius 1 is 1.24 bits per heavy atom. The van der Waals surface area contributed by atoms with E-state index in [0.29, 0.717) is 11.2 Å². The SMILES string of the molecule is Cc1cc(NC(C)CC(C)(C)c2ccccc2)cnc1Cl. The van der Waals surface area contributed by atoms with Gasteiger partial charge in [-0.05, 0) is 42.9 Å². The molecule has 0 aliphatic carbocycles. The van der Waals surface area contributed by atoms with Gasteiger partial charge < -0.3 is 5.32 Å². The normalized spacial score (nSPS) is 13.0. The van der Waals surface area contributed by atoms with E-state index >= 15 is 0 Å². The number of rotatable bonds is 5. The molecule has 0 bridgehead atoms. The van der Waals surface area contributed by atoms with Crippen molar-refractivity contribution in [2.24, 2.45) is 0 Å². The van der Waals surface area contributed by atoms with E-state index in [1.165, 1.54) is 5.56 Å². The molecule has 1 N–H and O–H groups in total. The van der Waals surface area contributed by atoms with Gasteiger partial charge in [-0.1, -0.05) is 55.8 Å². The first-order valence-corrected chi connectivity index (χ1v) is 7.70. The van der Waals surface area contributed by atoms with E-state index in [0.717, 1.165) is 17.7 Å². The van der Waals surface area contributed by atoms with Gasteiger partial charge in [0.05, 0.1) is 11.9 Å². The van der Waals surface area contributed by atoms with Crippen LogP contribution in [0.3, 0.4) is 0 Å². The molecule has 2 nitrogen and oxygen atoms in total. The number of halogens is 1. The van der Waals surface area contributed by atoms with Crippen LogP contribution in [0.4, 0.5) is 5.69 Å². The van der Waals surface area contributed by atoms with Crippen LogP contribution in [-0.2, 0) is 5.41 Å². The van der Waals surface area contributed by atoms with Crippen LogP contribution in [0.2, 0.25) is 5.15 Å². The largest absolute Gasteiger partial charge is 0.381 e. The maximum atomic E-state index is 5.96. The zero-order valence-corrected chi connectivity index (χ0v) is 13.9. The van der Waals surface area contributed by atoms with Gasteiger partial charge in [0.25, 0.3) is 0 Å². The fourth-order valence-corrected chi connectivity index (χ4v) is 2.85. The minimum atomic E-state index is 0.128. The molecule has 0 amide bonds. The summed E-state index contributed by atoms with van der Waals surface area (Å²) in [7, 11) is 0. The predicted octanol–water partition coefficient (Wildman–Crippen LogP) is 5.21. The Kier molecular flexibility index (Phi) is 4.89. The van der Waals surface area contributed by atoms with Gasteiger partial charge in [-0.2, -0.15) is 0 Å². The highest BCUT2D eigenvalue weighted by Crippen LogP contribution is 2.29. The molecule has 2 rings (SSSR count). The van der Waals surface area contributed by atoms with Crippen molar-refractivity contribution >= 4 is 17.3 Å². The Morgan fingerprint density at radius 3 is 2.52 bits per heavy atom. The van der Waals surface area contributed by atoms with Crippen LogP contribution in [-0.4, -0.2) is 11.0 Å². The maximum absolute atomic E-state index is 5.96. The lowest BCUT2D eigenvalue weighted by atomic mass is 9.79. The molecule has 2 aromatic rings. The molecule has 1 aromatic carbocycles. The third kappa shape index (κ3) is 4.21. The van der Waals surface area contributed by atoms with Gasteiger partial charge in [0.15, 0.2) is 0 Å². The number of aryl methyl sites for hydroxylation is 1. The van der Waals surface area contributed by atoms with E-state index in [2.05, 4.69) is 61.4 Å². The average Bonchev–Trinajstić information content (AvgIpc) is 2.43. The predicted molar refractivity (Wildman–Crippen MR) is 91.2 cm³/mol. The standard InChI is InChI=1S/C18H23ClN2/c1-13-10-16(12-20-17(13)19)21-14(2)11-18(3,4)15-8-6-5-7-9-15/h5-10,12,14,21H,11H2,1-4H3. The molecule has 3 heteroatoms. The number of pyridine rings is 1. The second-order valence-corrected chi connectivity index (χ2v) is 6.69. The van der Waals surface area contributed by atoms with E-state index in [-0.39, 0.29) is 5.41 Å². The number of anilines is 1. The molecule has 1 atom stereocenters. The molecule has 21 heavy (non-hydrogen) atoms. The number of nitrogens with zero attached hydrogens (tertiary/aromatic N) is 1. The number of benzene rings is 1. The summed E-state index contributed by atoms with van der Waals surface area (Å²) in [6, 6.07) is 13.0. The maximum Gasteiger partial charge on any atom is 0.132 e. The Hall–Kier alpha value is -1.54. The average molecular weight is 303 g/mol. The van der Waals surface area contributed by atoms with E-state index in [1.807, 2.05) is 13.0 Å². The van der Waals surface area contributed by atoms with Crippen molar-refractivity contribution in [2.75, 3.05) is 5.32 Å². The zero-order valence-electron chi connectivity index (χ0n) is 13.2. The second-order valence-electron chi connectivity index (χ2n) is 6.33. The highest BCUT2D eigenvalue weighted by atomic mass is 35.5. The third-order valence-electron chi connectivity index (χ3n) is 3.80. The topological polar surface area (TPSA) is 24.9 Å². The van der Waals surface area contributed by atoms with E-state index in [1.54, 1.807) is 6.20 Å². The van der Waals surface area contributed by atoms with Crippen molar-refractivity contribution in [2.45, 2.75) is 45.6 Å². The van der Waals surface area contributed by atoms with Gasteiger partial charge in [0, 0.05) is 6.04 Å². The van der Waals surface area contributed by atoms with Crippen molar-refractivity contribution in [3.05, 3.63) is 58.9 Å². The van der Waals surface area contributed by atoms with E-state index in [9.17, 15) is 0 Å². The molecular weight excluding hydrogens is 280 g/mol. The van der Waals surface area contributed by atoms with Crippen molar-refractivity contribution < 1.29 is 0 Å². The van der Waals surface area contributed by atoms with Crippen LogP contribution in [0, 0.1) is 6.92 Å². The number of aromatic nitrogens is 1. The lowest BCUT2D eigenvalue weighted by molar-refractivity contribution is 0.450. The van der Waals surface area contributed by atoms with Gasteiger partial charge in [-0.25, -0.2) is 4.98 Å². The van der Waals surface area contributed by atoms with Crippen LogP contribution < -0.4 is 5.32 Å². The smallest absolute Gasteiger partial charge is 0.132 e. The molecule has 1 heterocycles.